The Kier molecular flexibility index (Phi) is 4.85. The zero-order valence-corrected chi connectivity index (χ0v) is 15.7. The predicted octanol–water partition coefficient (Wildman–Crippen LogP) is 1.99. The van der Waals surface area contributed by atoms with Crippen molar-refractivity contribution in [2.75, 3.05) is 6.54 Å². The highest BCUT2D eigenvalue weighted by molar-refractivity contribution is 5.77. The van der Waals surface area contributed by atoms with E-state index < -0.39 is 5.76 Å². The number of carbonyl (C=O) groups excluding carboxylic acids is 1. The number of para-hydroxylation sites is 2. The molecule has 0 bridgehead atoms. The van der Waals surface area contributed by atoms with Crippen molar-refractivity contribution in [3.05, 3.63) is 62.8 Å². The number of fused-ring (bicyclic) bond motifs is 1. The summed E-state index contributed by atoms with van der Waals surface area (Å²) in [6.07, 6.45) is 2.45. The molecular weight excluding hydrogens is 360 g/mol. The van der Waals surface area contributed by atoms with Crippen LogP contribution in [0.3, 0.4) is 0 Å². The van der Waals surface area contributed by atoms with Crippen LogP contribution < -0.4 is 11.3 Å². The van der Waals surface area contributed by atoms with Crippen LogP contribution in [-0.2, 0) is 17.8 Å². The molecule has 1 atom stereocenters. The van der Waals surface area contributed by atoms with Crippen molar-refractivity contribution < 1.29 is 9.21 Å². The quantitative estimate of drug-likeness (QED) is 0.727. The molecule has 2 aromatic heterocycles. The van der Waals surface area contributed by atoms with Gasteiger partial charge in [-0.15, -0.1) is 0 Å². The molecule has 8 heteroatoms. The van der Waals surface area contributed by atoms with Crippen LogP contribution in [-0.4, -0.2) is 31.9 Å². The molecule has 28 heavy (non-hydrogen) atoms. The zero-order valence-electron chi connectivity index (χ0n) is 15.7. The van der Waals surface area contributed by atoms with Gasteiger partial charge in [0.25, 0.3) is 5.56 Å². The lowest BCUT2D eigenvalue weighted by Gasteiger charge is -2.24. The van der Waals surface area contributed by atoms with Crippen LogP contribution in [0.1, 0.15) is 43.7 Å². The lowest BCUT2D eigenvalue weighted by Crippen LogP contribution is -2.33. The topological polar surface area (TPSA) is 101 Å². The molecule has 1 aromatic carbocycles. The Balaban J connectivity index is 1.53. The number of nitrogens with one attached hydrogen (secondary N) is 1. The molecule has 1 aliphatic rings. The molecule has 3 heterocycles. The van der Waals surface area contributed by atoms with E-state index in [0.717, 1.165) is 18.5 Å². The molecule has 3 aromatic rings. The van der Waals surface area contributed by atoms with E-state index in [2.05, 4.69) is 9.97 Å². The van der Waals surface area contributed by atoms with E-state index in [-0.39, 0.29) is 30.5 Å². The molecule has 1 N–H and O–H groups in total. The number of oxazole rings is 1. The fourth-order valence-corrected chi connectivity index (χ4v) is 3.79. The molecule has 1 saturated heterocycles. The third kappa shape index (κ3) is 3.37. The molecule has 0 unspecified atom stereocenters. The highest BCUT2D eigenvalue weighted by Gasteiger charge is 2.31. The average Bonchev–Trinajstić information content (AvgIpc) is 3.30. The van der Waals surface area contributed by atoms with E-state index in [1.807, 2.05) is 13.0 Å². The SMILES string of the molecule is CCc1cc(=O)[nH]c([C@H]2CCCN2C(=O)CCn2c(=O)oc3ccccc32)n1. The highest BCUT2D eigenvalue weighted by Crippen LogP contribution is 2.30. The second-order valence-electron chi connectivity index (χ2n) is 6.96. The van der Waals surface area contributed by atoms with Gasteiger partial charge in [0.15, 0.2) is 5.58 Å². The second-order valence-corrected chi connectivity index (χ2v) is 6.96. The smallest absolute Gasteiger partial charge is 0.408 e. The number of amides is 1. The molecule has 1 amide bonds. The molecule has 4 rings (SSSR count). The van der Waals surface area contributed by atoms with Crippen molar-refractivity contribution in [2.24, 2.45) is 0 Å². The number of aromatic amines is 1. The van der Waals surface area contributed by atoms with E-state index in [1.165, 1.54) is 10.6 Å². The number of nitrogens with zero attached hydrogens (tertiary/aromatic N) is 3. The largest absolute Gasteiger partial charge is 0.419 e. The number of likely N-dealkylation sites (tertiary alicyclic amines) is 1. The monoisotopic (exact) mass is 382 g/mol. The normalized spacial score (nSPS) is 16.8. The number of hydrogen-bond donors (Lipinski definition) is 1. The van der Waals surface area contributed by atoms with Gasteiger partial charge in [-0.05, 0) is 31.4 Å². The summed E-state index contributed by atoms with van der Waals surface area (Å²) >= 11 is 0. The summed E-state index contributed by atoms with van der Waals surface area (Å²) in [4.78, 5) is 45.9. The van der Waals surface area contributed by atoms with Crippen molar-refractivity contribution in [1.29, 1.82) is 0 Å². The minimum atomic E-state index is -0.464. The summed E-state index contributed by atoms with van der Waals surface area (Å²) in [5, 5.41) is 0. The maximum absolute atomic E-state index is 12.9. The first-order valence-corrected chi connectivity index (χ1v) is 9.55. The van der Waals surface area contributed by atoms with E-state index in [9.17, 15) is 14.4 Å². The van der Waals surface area contributed by atoms with Gasteiger partial charge in [0, 0.05) is 31.3 Å². The Morgan fingerprint density at radius 1 is 1.32 bits per heavy atom. The summed E-state index contributed by atoms with van der Waals surface area (Å²) in [6.45, 7) is 2.80. The summed E-state index contributed by atoms with van der Waals surface area (Å²) in [6, 6.07) is 8.41. The Labute approximate surface area is 160 Å². The maximum Gasteiger partial charge on any atom is 0.419 e. The first-order valence-electron chi connectivity index (χ1n) is 9.55. The first kappa shape index (κ1) is 18.2. The van der Waals surface area contributed by atoms with E-state index >= 15 is 0 Å². The van der Waals surface area contributed by atoms with Crippen LogP contribution in [0.4, 0.5) is 0 Å². The molecule has 1 fully saturated rings. The lowest BCUT2D eigenvalue weighted by atomic mass is 10.2. The Hall–Kier alpha value is -3.16. The highest BCUT2D eigenvalue weighted by atomic mass is 16.4. The van der Waals surface area contributed by atoms with Gasteiger partial charge in [0.05, 0.1) is 11.6 Å². The number of carbonyl (C=O) groups is 1. The second kappa shape index (κ2) is 7.46. The van der Waals surface area contributed by atoms with Crippen LogP contribution in [0.2, 0.25) is 0 Å². The Bertz CT molecular complexity index is 1130. The minimum Gasteiger partial charge on any atom is -0.408 e. The van der Waals surface area contributed by atoms with Gasteiger partial charge >= 0.3 is 5.76 Å². The van der Waals surface area contributed by atoms with Gasteiger partial charge in [-0.3, -0.25) is 14.2 Å². The fraction of sp³-hybridized carbons (Fsp3) is 0.400. The first-order chi connectivity index (χ1) is 13.6. The van der Waals surface area contributed by atoms with Crippen molar-refractivity contribution in [2.45, 2.75) is 45.2 Å². The molecule has 146 valence electrons. The van der Waals surface area contributed by atoms with Gasteiger partial charge in [0.2, 0.25) is 5.91 Å². The van der Waals surface area contributed by atoms with Crippen molar-refractivity contribution >= 4 is 17.0 Å². The van der Waals surface area contributed by atoms with Gasteiger partial charge in [-0.1, -0.05) is 19.1 Å². The van der Waals surface area contributed by atoms with Crippen LogP contribution in [0.15, 0.2) is 44.3 Å². The minimum absolute atomic E-state index is 0.0655. The van der Waals surface area contributed by atoms with Gasteiger partial charge in [0.1, 0.15) is 5.82 Å². The maximum atomic E-state index is 12.9. The molecule has 1 aliphatic heterocycles. The van der Waals surface area contributed by atoms with Crippen LogP contribution in [0.5, 0.6) is 0 Å². The van der Waals surface area contributed by atoms with Crippen LogP contribution in [0.25, 0.3) is 11.1 Å². The lowest BCUT2D eigenvalue weighted by molar-refractivity contribution is -0.132. The standard InChI is InChI=1S/C20H22N4O4/c1-2-13-12-17(25)22-19(21-13)15-7-5-10-23(15)18(26)9-11-24-14-6-3-4-8-16(14)28-20(24)27/h3-4,6,8,12,15H,2,5,7,9-11H2,1H3,(H,21,22,25)/t15-/m1/s1. The van der Waals surface area contributed by atoms with Gasteiger partial charge in [-0.25, -0.2) is 9.78 Å². The van der Waals surface area contributed by atoms with Crippen LogP contribution >= 0.6 is 0 Å². The third-order valence-electron chi connectivity index (χ3n) is 5.19. The molecule has 0 saturated carbocycles. The number of hydrogen-bond acceptors (Lipinski definition) is 5. The molecule has 0 radical (unpaired) electrons. The number of aryl methyl sites for hydroxylation is 2. The van der Waals surface area contributed by atoms with E-state index in [1.54, 1.807) is 23.1 Å². The number of H-pyrrole nitrogens is 1. The van der Waals surface area contributed by atoms with Gasteiger partial charge < -0.3 is 14.3 Å². The van der Waals surface area contributed by atoms with E-state index in [0.29, 0.717) is 29.9 Å². The third-order valence-corrected chi connectivity index (χ3v) is 5.19. The summed E-state index contributed by atoms with van der Waals surface area (Å²) in [5.74, 6) is 0.0129. The van der Waals surface area contributed by atoms with Crippen LogP contribution in [0, 0.1) is 0 Å². The molecular formula is C20H22N4O4. The van der Waals surface area contributed by atoms with Gasteiger partial charge in [-0.2, -0.15) is 0 Å². The summed E-state index contributed by atoms with van der Waals surface area (Å²) < 4.78 is 6.70. The molecule has 8 nitrogen and oxygen atoms in total. The van der Waals surface area contributed by atoms with E-state index in [4.69, 9.17) is 4.42 Å². The summed E-state index contributed by atoms with van der Waals surface area (Å²) in [7, 11) is 0. The Morgan fingerprint density at radius 2 is 2.14 bits per heavy atom. The zero-order chi connectivity index (χ0) is 19.7. The molecule has 0 aliphatic carbocycles. The fourth-order valence-electron chi connectivity index (χ4n) is 3.79. The van der Waals surface area contributed by atoms with Crippen molar-refractivity contribution in [3.63, 3.8) is 0 Å². The average molecular weight is 382 g/mol. The Morgan fingerprint density at radius 3 is 2.96 bits per heavy atom. The predicted molar refractivity (Wildman–Crippen MR) is 103 cm³/mol. The van der Waals surface area contributed by atoms with Crippen molar-refractivity contribution in [1.82, 2.24) is 19.4 Å². The van der Waals surface area contributed by atoms with Crippen molar-refractivity contribution in [3.8, 4) is 0 Å². The number of benzene rings is 1. The summed E-state index contributed by atoms with van der Waals surface area (Å²) in [5.41, 5.74) is 1.71. The molecule has 0 spiro atoms. The number of rotatable bonds is 5. The number of aromatic nitrogens is 3.